The van der Waals surface area contributed by atoms with Gasteiger partial charge in [-0.25, -0.2) is 0 Å². The Morgan fingerprint density at radius 1 is 0.529 bits per heavy atom. The molecule has 4 nitrogen and oxygen atoms in total. The third-order valence-corrected chi connectivity index (χ3v) is 3.20. The molecule has 0 fully saturated rings. The van der Waals surface area contributed by atoms with Gasteiger partial charge in [0.15, 0.2) is 0 Å². The van der Waals surface area contributed by atoms with E-state index in [-0.39, 0.29) is 0 Å². The van der Waals surface area contributed by atoms with Crippen LogP contribution >= 0.6 is 0 Å². The maximum atomic E-state index is 2.42. The standard InChI is InChI=1S/C13H32N4/c1-7-15(4)10-11-17(6)13-12-16(5)9-8-14(2)3/h7-13H2,1-6H3. The van der Waals surface area contributed by atoms with Crippen molar-refractivity contribution in [2.24, 2.45) is 0 Å². The molecule has 0 aromatic rings. The molecule has 0 saturated carbocycles. The Balaban J connectivity index is 3.51. The lowest BCUT2D eigenvalue weighted by molar-refractivity contribution is 0.219. The number of rotatable bonds is 10. The van der Waals surface area contributed by atoms with Crippen LogP contribution in [0.4, 0.5) is 0 Å². The van der Waals surface area contributed by atoms with Crippen molar-refractivity contribution in [2.45, 2.75) is 6.92 Å². The molecule has 0 atom stereocenters. The van der Waals surface area contributed by atoms with Crippen molar-refractivity contribution in [3.05, 3.63) is 0 Å². The van der Waals surface area contributed by atoms with Gasteiger partial charge in [-0.05, 0) is 41.8 Å². The van der Waals surface area contributed by atoms with Gasteiger partial charge in [-0.15, -0.1) is 0 Å². The third-order valence-electron chi connectivity index (χ3n) is 3.20. The molecule has 0 N–H and O–H groups in total. The maximum absolute atomic E-state index is 2.42. The van der Waals surface area contributed by atoms with Gasteiger partial charge in [-0.1, -0.05) is 6.92 Å². The Kier molecular flexibility index (Phi) is 9.74. The monoisotopic (exact) mass is 244 g/mol. The summed E-state index contributed by atoms with van der Waals surface area (Å²) in [5.74, 6) is 0. The van der Waals surface area contributed by atoms with Crippen molar-refractivity contribution in [1.82, 2.24) is 19.6 Å². The van der Waals surface area contributed by atoms with Crippen LogP contribution < -0.4 is 0 Å². The van der Waals surface area contributed by atoms with Crippen LogP contribution in [0.3, 0.4) is 0 Å². The highest BCUT2D eigenvalue weighted by Crippen LogP contribution is 1.89. The van der Waals surface area contributed by atoms with Crippen molar-refractivity contribution in [2.75, 3.05) is 81.1 Å². The van der Waals surface area contributed by atoms with Gasteiger partial charge in [0.25, 0.3) is 0 Å². The van der Waals surface area contributed by atoms with Gasteiger partial charge in [0.1, 0.15) is 0 Å². The summed E-state index contributed by atoms with van der Waals surface area (Å²) in [7, 11) is 10.8. The molecule has 0 aromatic heterocycles. The fourth-order valence-corrected chi connectivity index (χ4v) is 1.44. The maximum Gasteiger partial charge on any atom is 0.0107 e. The highest BCUT2D eigenvalue weighted by molar-refractivity contribution is 4.60. The van der Waals surface area contributed by atoms with E-state index in [2.05, 4.69) is 61.8 Å². The Morgan fingerprint density at radius 3 is 1.24 bits per heavy atom. The second-order valence-corrected chi connectivity index (χ2v) is 5.31. The molecular weight excluding hydrogens is 212 g/mol. The van der Waals surface area contributed by atoms with Gasteiger partial charge in [0.05, 0.1) is 0 Å². The highest BCUT2D eigenvalue weighted by Gasteiger charge is 2.03. The van der Waals surface area contributed by atoms with Crippen LogP contribution in [0.1, 0.15) is 6.92 Å². The first-order valence-electron chi connectivity index (χ1n) is 6.66. The van der Waals surface area contributed by atoms with Crippen molar-refractivity contribution in [3.63, 3.8) is 0 Å². The van der Waals surface area contributed by atoms with Crippen molar-refractivity contribution in [3.8, 4) is 0 Å². The van der Waals surface area contributed by atoms with Crippen molar-refractivity contribution in [1.29, 1.82) is 0 Å². The van der Waals surface area contributed by atoms with Crippen molar-refractivity contribution < 1.29 is 0 Å². The van der Waals surface area contributed by atoms with Crippen molar-refractivity contribution >= 4 is 0 Å². The molecule has 0 aromatic carbocycles. The van der Waals surface area contributed by atoms with E-state index >= 15 is 0 Å². The predicted octanol–water partition coefficient (Wildman–Crippen LogP) is 0.363. The van der Waals surface area contributed by atoms with Gasteiger partial charge in [-0.3, -0.25) is 0 Å². The fourth-order valence-electron chi connectivity index (χ4n) is 1.44. The molecule has 0 aliphatic carbocycles. The van der Waals surface area contributed by atoms with E-state index in [1.165, 1.54) is 0 Å². The zero-order valence-electron chi connectivity index (χ0n) is 12.7. The molecule has 0 radical (unpaired) electrons. The van der Waals surface area contributed by atoms with Crippen LogP contribution in [0.25, 0.3) is 0 Å². The SMILES string of the molecule is CCN(C)CCN(C)CCN(C)CCN(C)C. The Bertz CT molecular complexity index is 173. The summed E-state index contributed by atoms with van der Waals surface area (Å²) in [4.78, 5) is 9.40. The molecule has 0 spiro atoms. The van der Waals surface area contributed by atoms with Crippen LogP contribution in [-0.2, 0) is 0 Å². The van der Waals surface area contributed by atoms with E-state index in [4.69, 9.17) is 0 Å². The molecule has 0 aliphatic heterocycles. The largest absolute Gasteiger partial charge is 0.308 e. The predicted molar refractivity (Wildman–Crippen MR) is 76.7 cm³/mol. The lowest BCUT2D eigenvalue weighted by Crippen LogP contribution is -2.37. The van der Waals surface area contributed by atoms with E-state index in [1.54, 1.807) is 0 Å². The Hall–Kier alpha value is -0.160. The zero-order chi connectivity index (χ0) is 13.3. The number of hydrogen-bond donors (Lipinski definition) is 0. The molecule has 104 valence electrons. The van der Waals surface area contributed by atoms with Gasteiger partial charge < -0.3 is 19.6 Å². The van der Waals surface area contributed by atoms with E-state index < -0.39 is 0 Å². The first-order valence-corrected chi connectivity index (χ1v) is 6.66. The minimum atomic E-state index is 1.14. The number of hydrogen-bond acceptors (Lipinski definition) is 4. The molecular formula is C13H32N4. The van der Waals surface area contributed by atoms with Gasteiger partial charge in [0, 0.05) is 39.3 Å². The van der Waals surface area contributed by atoms with E-state index in [9.17, 15) is 0 Å². The van der Waals surface area contributed by atoms with Gasteiger partial charge in [-0.2, -0.15) is 0 Å². The summed E-state index contributed by atoms with van der Waals surface area (Å²) in [6, 6.07) is 0. The molecule has 0 amide bonds. The smallest absolute Gasteiger partial charge is 0.0107 e. The zero-order valence-corrected chi connectivity index (χ0v) is 12.7. The summed E-state index contributed by atoms with van der Waals surface area (Å²) < 4.78 is 0. The highest BCUT2D eigenvalue weighted by atomic mass is 15.2. The molecule has 0 rings (SSSR count). The molecule has 4 heteroatoms. The summed E-state index contributed by atoms with van der Waals surface area (Å²) in [6.07, 6.45) is 0. The average molecular weight is 244 g/mol. The van der Waals surface area contributed by atoms with Crippen LogP contribution in [-0.4, -0.2) is 101 Å². The summed E-state index contributed by atoms with van der Waals surface area (Å²) in [6.45, 7) is 10.3. The molecule has 0 heterocycles. The third kappa shape index (κ3) is 10.7. The first-order chi connectivity index (χ1) is 7.95. The van der Waals surface area contributed by atoms with Crippen LogP contribution in [0.2, 0.25) is 0 Å². The summed E-state index contributed by atoms with van der Waals surface area (Å²) in [5, 5.41) is 0. The Morgan fingerprint density at radius 2 is 0.882 bits per heavy atom. The van der Waals surface area contributed by atoms with Crippen LogP contribution in [0.5, 0.6) is 0 Å². The van der Waals surface area contributed by atoms with Crippen LogP contribution in [0, 0.1) is 0 Å². The second-order valence-electron chi connectivity index (χ2n) is 5.31. The molecule has 0 aliphatic rings. The number of nitrogens with zero attached hydrogens (tertiary/aromatic N) is 4. The lowest BCUT2D eigenvalue weighted by Gasteiger charge is -2.24. The minimum absolute atomic E-state index is 1.14. The normalized spacial score (nSPS) is 12.4. The van der Waals surface area contributed by atoms with Gasteiger partial charge in [0.2, 0.25) is 0 Å². The minimum Gasteiger partial charge on any atom is -0.308 e. The topological polar surface area (TPSA) is 13.0 Å². The van der Waals surface area contributed by atoms with E-state index in [0.717, 1.165) is 45.8 Å². The fraction of sp³-hybridized carbons (Fsp3) is 1.00. The molecule has 0 bridgehead atoms. The molecule has 0 unspecified atom stereocenters. The molecule has 0 saturated heterocycles. The van der Waals surface area contributed by atoms with E-state index in [0.29, 0.717) is 0 Å². The first kappa shape index (κ1) is 16.8. The molecule has 17 heavy (non-hydrogen) atoms. The van der Waals surface area contributed by atoms with E-state index in [1.807, 2.05) is 0 Å². The van der Waals surface area contributed by atoms with Gasteiger partial charge >= 0.3 is 0 Å². The van der Waals surface area contributed by atoms with Crippen LogP contribution in [0.15, 0.2) is 0 Å². The Labute approximate surface area is 108 Å². The second kappa shape index (κ2) is 9.83. The average Bonchev–Trinajstić information content (AvgIpc) is 2.30. The lowest BCUT2D eigenvalue weighted by atomic mass is 10.4. The number of likely N-dealkylation sites (N-methyl/N-ethyl adjacent to an activating group) is 4. The summed E-state index contributed by atoms with van der Waals surface area (Å²) in [5.41, 5.74) is 0. The quantitative estimate of drug-likeness (QED) is 0.550. The summed E-state index contributed by atoms with van der Waals surface area (Å²) >= 11 is 0.